The van der Waals surface area contributed by atoms with Crippen LogP contribution < -0.4 is 5.73 Å². The first-order valence-corrected chi connectivity index (χ1v) is 6.07. The first-order valence-electron chi connectivity index (χ1n) is 6.07. The van der Waals surface area contributed by atoms with Crippen LogP contribution in [0.3, 0.4) is 0 Å². The molecule has 0 bridgehead atoms. The summed E-state index contributed by atoms with van der Waals surface area (Å²) in [5, 5.41) is 0. The molecule has 2 N–H and O–H groups in total. The van der Waals surface area contributed by atoms with Crippen LogP contribution in [-0.4, -0.2) is 11.3 Å². The van der Waals surface area contributed by atoms with Crippen molar-refractivity contribution in [1.82, 2.24) is 4.98 Å². The first-order chi connectivity index (χ1) is 9.31. The van der Waals surface area contributed by atoms with Crippen LogP contribution >= 0.6 is 0 Å². The van der Waals surface area contributed by atoms with Crippen molar-refractivity contribution < 1.29 is 9.47 Å². The summed E-state index contributed by atoms with van der Waals surface area (Å²) in [6.45, 7) is 0. The number of nitrogens with two attached hydrogens (primary N) is 1. The molecule has 1 aliphatic rings. The number of ether oxygens (including phenoxy) is 2. The van der Waals surface area contributed by atoms with Crippen LogP contribution in [0.5, 0.6) is 0 Å². The smallest absolute Gasteiger partial charge is 0.190 e. The van der Waals surface area contributed by atoms with Crippen molar-refractivity contribution in [2.75, 3.05) is 5.73 Å². The van der Waals surface area contributed by atoms with Crippen LogP contribution in [0.2, 0.25) is 0 Å². The van der Waals surface area contributed by atoms with Gasteiger partial charge in [0.1, 0.15) is 5.82 Å². The zero-order valence-corrected chi connectivity index (χ0v) is 10.3. The molecule has 4 heteroatoms. The monoisotopic (exact) mass is 254 g/mol. The van der Waals surface area contributed by atoms with E-state index in [1.54, 1.807) is 12.3 Å². The van der Waals surface area contributed by atoms with E-state index in [1.165, 1.54) is 0 Å². The van der Waals surface area contributed by atoms with Gasteiger partial charge in [0.05, 0.1) is 0 Å². The van der Waals surface area contributed by atoms with Gasteiger partial charge in [-0.3, -0.25) is 0 Å². The number of aromatic nitrogens is 1. The molecule has 0 atom stereocenters. The first kappa shape index (κ1) is 11.9. The number of hydrogen-bond acceptors (Lipinski definition) is 4. The van der Waals surface area contributed by atoms with Crippen molar-refractivity contribution in [3.05, 3.63) is 65.9 Å². The number of rotatable bonds is 3. The normalized spacial score (nSPS) is 22.3. The lowest BCUT2D eigenvalue weighted by molar-refractivity contribution is -0.369. The summed E-state index contributed by atoms with van der Waals surface area (Å²) in [6.07, 6.45) is 4.90. The molecule has 1 aliphatic heterocycles. The Morgan fingerprint density at radius 1 is 1.05 bits per heavy atom. The van der Waals surface area contributed by atoms with Crippen LogP contribution in [0.15, 0.2) is 54.7 Å². The van der Waals surface area contributed by atoms with E-state index >= 15 is 0 Å². The summed E-state index contributed by atoms with van der Waals surface area (Å²) < 4.78 is 11.2. The number of benzene rings is 1. The van der Waals surface area contributed by atoms with E-state index in [4.69, 9.17) is 15.2 Å². The SMILES string of the molecule is Nc1ccc(/C=C/C2OC(c3ccccc3)O2)cn1. The lowest BCUT2D eigenvalue weighted by atomic mass is 10.2. The van der Waals surface area contributed by atoms with Crippen molar-refractivity contribution in [2.24, 2.45) is 0 Å². The second kappa shape index (κ2) is 5.22. The molecule has 2 heterocycles. The third-order valence-corrected chi connectivity index (χ3v) is 2.84. The molecule has 0 saturated carbocycles. The largest absolute Gasteiger partial charge is 0.384 e. The molecule has 1 fully saturated rings. The molecule has 2 aromatic rings. The maximum Gasteiger partial charge on any atom is 0.190 e. The molecular weight excluding hydrogens is 240 g/mol. The van der Waals surface area contributed by atoms with Crippen molar-refractivity contribution in [1.29, 1.82) is 0 Å². The Hall–Kier alpha value is -2.17. The fourth-order valence-electron chi connectivity index (χ4n) is 1.82. The molecule has 0 spiro atoms. The van der Waals surface area contributed by atoms with Crippen LogP contribution in [0.4, 0.5) is 5.82 Å². The van der Waals surface area contributed by atoms with Crippen molar-refractivity contribution in [3.8, 4) is 0 Å². The number of nitrogen functional groups attached to an aromatic ring is 1. The molecule has 1 aromatic heterocycles. The minimum atomic E-state index is -0.303. The zero-order chi connectivity index (χ0) is 13.1. The molecular formula is C15H14N2O2. The highest BCUT2D eigenvalue weighted by atomic mass is 16.9. The molecule has 0 radical (unpaired) electrons. The second-order valence-electron chi connectivity index (χ2n) is 4.26. The predicted molar refractivity (Wildman–Crippen MR) is 72.8 cm³/mol. The minimum absolute atomic E-state index is 0.264. The third-order valence-electron chi connectivity index (χ3n) is 2.84. The summed E-state index contributed by atoms with van der Waals surface area (Å²) in [7, 11) is 0. The Labute approximate surface area is 111 Å². The standard InChI is InChI=1S/C15H14N2O2/c16-13-8-6-11(10-17-13)7-9-14-18-15(19-14)12-4-2-1-3-5-12/h1-10,14-15H,(H2,16,17)/b9-7+. The van der Waals surface area contributed by atoms with E-state index in [0.717, 1.165) is 11.1 Å². The number of nitrogens with zero attached hydrogens (tertiary/aromatic N) is 1. The maximum absolute atomic E-state index is 5.62. The van der Waals surface area contributed by atoms with E-state index in [0.29, 0.717) is 5.82 Å². The molecule has 96 valence electrons. The Bertz CT molecular complexity index is 560. The molecule has 19 heavy (non-hydrogen) atoms. The zero-order valence-electron chi connectivity index (χ0n) is 10.3. The topological polar surface area (TPSA) is 57.4 Å². The Morgan fingerprint density at radius 2 is 1.84 bits per heavy atom. The third kappa shape index (κ3) is 2.81. The van der Waals surface area contributed by atoms with Gasteiger partial charge in [-0.1, -0.05) is 36.4 Å². The predicted octanol–water partition coefficient (Wildman–Crippen LogP) is 2.75. The van der Waals surface area contributed by atoms with E-state index in [2.05, 4.69) is 4.98 Å². The summed E-state index contributed by atoms with van der Waals surface area (Å²) in [5.41, 5.74) is 7.51. The number of anilines is 1. The fraction of sp³-hybridized carbons (Fsp3) is 0.133. The van der Waals surface area contributed by atoms with Crippen molar-refractivity contribution >= 4 is 11.9 Å². The molecule has 0 amide bonds. The maximum atomic E-state index is 5.62. The highest BCUT2D eigenvalue weighted by Gasteiger charge is 2.29. The van der Waals surface area contributed by atoms with E-state index in [9.17, 15) is 0 Å². The van der Waals surface area contributed by atoms with Crippen molar-refractivity contribution in [3.63, 3.8) is 0 Å². The Kier molecular flexibility index (Phi) is 3.27. The van der Waals surface area contributed by atoms with Crippen LogP contribution in [-0.2, 0) is 9.47 Å². The van der Waals surface area contributed by atoms with Gasteiger partial charge in [0, 0.05) is 11.8 Å². The Morgan fingerprint density at radius 3 is 2.53 bits per heavy atom. The average molecular weight is 254 g/mol. The lowest BCUT2D eigenvalue weighted by Gasteiger charge is -2.34. The molecule has 1 saturated heterocycles. The summed E-state index contributed by atoms with van der Waals surface area (Å²) in [4.78, 5) is 4.01. The molecule has 0 unspecified atom stereocenters. The molecule has 0 aliphatic carbocycles. The van der Waals surface area contributed by atoms with Crippen LogP contribution in [0, 0.1) is 0 Å². The van der Waals surface area contributed by atoms with Gasteiger partial charge in [0.2, 0.25) is 0 Å². The van der Waals surface area contributed by atoms with Gasteiger partial charge in [0.15, 0.2) is 12.6 Å². The van der Waals surface area contributed by atoms with E-state index < -0.39 is 0 Å². The Balaban J connectivity index is 1.55. The average Bonchev–Trinajstić information content (AvgIpc) is 2.40. The summed E-state index contributed by atoms with van der Waals surface area (Å²) >= 11 is 0. The van der Waals surface area contributed by atoms with Crippen molar-refractivity contribution in [2.45, 2.75) is 12.6 Å². The van der Waals surface area contributed by atoms with Gasteiger partial charge in [-0.2, -0.15) is 0 Å². The highest BCUT2D eigenvalue weighted by Crippen LogP contribution is 2.32. The molecule has 4 nitrogen and oxygen atoms in total. The molecule has 3 rings (SSSR count). The quantitative estimate of drug-likeness (QED) is 0.915. The van der Waals surface area contributed by atoms with Crippen LogP contribution in [0.1, 0.15) is 17.4 Å². The van der Waals surface area contributed by atoms with Gasteiger partial charge in [-0.25, -0.2) is 4.98 Å². The van der Waals surface area contributed by atoms with Gasteiger partial charge >= 0.3 is 0 Å². The number of hydrogen-bond donors (Lipinski definition) is 1. The van der Waals surface area contributed by atoms with Crippen LogP contribution in [0.25, 0.3) is 6.08 Å². The van der Waals surface area contributed by atoms with E-state index in [-0.39, 0.29) is 12.6 Å². The van der Waals surface area contributed by atoms with Gasteiger partial charge in [-0.15, -0.1) is 0 Å². The minimum Gasteiger partial charge on any atom is -0.384 e. The van der Waals surface area contributed by atoms with E-state index in [1.807, 2.05) is 48.6 Å². The van der Waals surface area contributed by atoms with Gasteiger partial charge in [0.25, 0.3) is 0 Å². The number of pyridine rings is 1. The van der Waals surface area contributed by atoms with Gasteiger partial charge < -0.3 is 15.2 Å². The highest BCUT2D eigenvalue weighted by molar-refractivity contribution is 5.50. The second-order valence-corrected chi connectivity index (χ2v) is 4.26. The summed E-state index contributed by atoms with van der Waals surface area (Å²) in [5.74, 6) is 0.512. The lowest BCUT2D eigenvalue weighted by Crippen LogP contribution is -2.32. The van der Waals surface area contributed by atoms with Gasteiger partial charge in [-0.05, 0) is 23.8 Å². The fourth-order valence-corrected chi connectivity index (χ4v) is 1.82. The molecule has 1 aromatic carbocycles. The summed E-state index contributed by atoms with van der Waals surface area (Å²) in [6, 6.07) is 13.5.